The van der Waals surface area contributed by atoms with Crippen molar-refractivity contribution in [3.05, 3.63) is 12.2 Å². The van der Waals surface area contributed by atoms with E-state index in [1.807, 2.05) is 23.4 Å². The van der Waals surface area contributed by atoms with Crippen molar-refractivity contribution in [3.8, 4) is 0 Å². The van der Waals surface area contributed by atoms with E-state index < -0.39 is 0 Å². The highest BCUT2D eigenvalue weighted by atomic mass is 32.2. The third-order valence-corrected chi connectivity index (χ3v) is 5.70. The van der Waals surface area contributed by atoms with Crippen molar-refractivity contribution in [1.82, 2.24) is 20.1 Å². The van der Waals surface area contributed by atoms with Gasteiger partial charge in [0.1, 0.15) is 12.4 Å². The fraction of sp³-hybridized carbons (Fsp3) is 0.786. The van der Waals surface area contributed by atoms with Gasteiger partial charge in [0, 0.05) is 18.3 Å². The number of hydrogen-bond donors (Lipinski definition) is 1. The van der Waals surface area contributed by atoms with Gasteiger partial charge in [-0.15, -0.1) is 10.2 Å². The molecule has 1 spiro atoms. The van der Waals surface area contributed by atoms with Gasteiger partial charge in [0.15, 0.2) is 11.0 Å². The molecule has 1 aromatic rings. The summed E-state index contributed by atoms with van der Waals surface area (Å²) in [5, 5.41) is 12.8. The number of nitrogens with zero attached hydrogens (tertiary/aromatic N) is 4. The molecule has 1 atom stereocenters. The third-order valence-electron chi connectivity index (χ3n) is 4.52. The van der Waals surface area contributed by atoms with Crippen LogP contribution in [-0.2, 0) is 7.05 Å². The topological polar surface area (TPSA) is 55.1 Å². The van der Waals surface area contributed by atoms with Crippen molar-refractivity contribution in [2.24, 2.45) is 18.0 Å². The van der Waals surface area contributed by atoms with E-state index in [0.717, 1.165) is 22.7 Å². The monoisotopic (exact) mass is 293 g/mol. The van der Waals surface area contributed by atoms with E-state index in [9.17, 15) is 0 Å². The summed E-state index contributed by atoms with van der Waals surface area (Å²) in [6.07, 6.45) is 6.95. The highest BCUT2D eigenvalue weighted by Crippen LogP contribution is 2.38. The van der Waals surface area contributed by atoms with Crippen LogP contribution >= 0.6 is 11.8 Å². The minimum absolute atomic E-state index is 0.0511. The van der Waals surface area contributed by atoms with Crippen LogP contribution in [0.5, 0.6) is 0 Å². The number of amidine groups is 1. The molecule has 1 saturated carbocycles. The van der Waals surface area contributed by atoms with E-state index in [-0.39, 0.29) is 6.04 Å². The predicted octanol–water partition coefficient (Wildman–Crippen LogP) is 2.52. The molecule has 1 aliphatic carbocycles. The zero-order chi connectivity index (χ0) is 14.2. The minimum atomic E-state index is 0.0511. The zero-order valence-corrected chi connectivity index (χ0v) is 13.3. The Balaban J connectivity index is 1.68. The lowest BCUT2D eigenvalue weighted by molar-refractivity contribution is 0.250. The van der Waals surface area contributed by atoms with Crippen LogP contribution in [0.15, 0.2) is 11.3 Å². The molecule has 1 aromatic heterocycles. The normalized spacial score (nSPS) is 33.5. The van der Waals surface area contributed by atoms with Gasteiger partial charge in [-0.3, -0.25) is 4.99 Å². The van der Waals surface area contributed by atoms with Gasteiger partial charge in [-0.05, 0) is 38.5 Å². The van der Waals surface area contributed by atoms with Crippen LogP contribution in [0.1, 0.15) is 51.4 Å². The largest absolute Gasteiger partial charge is 0.359 e. The maximum absolute atomic E-state index is 4.79. The Hall–Kier alpha value is -1.04. The molecular formula is C14H23N5S. The minimum Gasteiger partial charge on any atom is -0.359 e. The van der Waals surface area contributed by atoms with E-state index in [1.54, 1.807) is 6.33 Å². The van der Waals surface area contributed by atoms with Crippen LogP contribution in [0.25, 0.3) is 0 Å². The van der Waals surface area contributed by atoms with Crippen molar-refractivity contribution >= 4 is 16.9 Å². The second-order valence-electron chi connectivity index (χ2n) is 6.29. The van der Waals surface area contributed by atoms with Gasteiger partial charge in [0.05, 0.1) is 0 Å². The molecule has 2 fully saturated rings. The lowest BCUT2D eigenvalue weighted by Gasteiger charge is -2.35. The number of aromatic nitrogens is 3. The standard InChI is InChI=1S/C14H23N5S/c1-10-4-6-14(7-5-10)8-20-13(17-14)16-11(2)12-18-15-9-19(12)3/h9-11H,4-8H2,1-3H3,(H,16,17). The Morgan fingerprint density at radius 1 is 1.50 bits per heavy atom. The lowest BCUT2D eigenvalue weighted by Crippen LogP contribution is -2.46. The maximum Gasteiger partial charge on any atom is 0.157 e. The number of aryl methyl sites for hydroxylation is 1. The van der Waals surface area contributed by atoms with Crippen molar-refractivity contribution in [2.75, 3.05) is 5.75 Å². The highest BCUT2D eigenvalue weighted by molar-refractivity contribution is 8.14. The predicted molar refractivity (Wildman–Crippen MR) is 82.8 cm³/mol. The molecule has 3 rings (SSSR count). The summed E-state index contributed by atoms with van der Waals surface area (Å²) in [4.78, 5) is 4.79. The second-order valence-corrected chi connectivity index (χ2v) is 7.25. The van der Waals surface area contributed by atoms with E-state index in [1.165, 1.54) is 25.7 Å². The van der Waals surface area contributed by atoms with Gasteiger partial charge in [-0.25, -0.2) is 0 Å². The molecule has 110 valence electrons. The van der Waals surface area contributed by atoms with Gasteiger partial charge in [-0.1, -0.05) is 18.7 Å². The van der Waals surface area contributed by atoms with Gasteiger partial charge >= 0.3 is 0 Å². The van der Waals surface area contributed by atoms with Crippen LogP contribution < -0.4 is 5.32 Å². The molecule has 0 amide bonds. The molecule has 0 radical (unpaired) electrons. The van der Waals surface area contributed by atoms with E-state index in [0.29, 0.717) is 5.54 Å². The molecule has 1 unspecified atom stereocenters. The van der Waals surface area contributed by atoms with Crippen LogP contribution in [0.4, 0.5) is 0 Å². The van der Waals surface area contributed by atoms with Gasteiger partial charge in [0.25, 0.3) is 0 Å². The smallest absolute Gasteiger partial charge is 0.157 e. The molecule has 2 heterocycles. The lowest BCUT2D eigenvalue weighted by atomic mass is 9.78. The molecule has 6 heteroatoms. The summed E-state index contributed by atoms with van der Waals surface area (Å²) in [7, 11) is 1.96. The van der Waals surface area contributed by atoms with Crippen molar-refractivity contribution in [3.63, 3.8) is 0 Å². The SMILES string of the molecule is CC1CCC2(CC1)CSC(=NC(C)c1nncn1C)N2. The van der Waals surface area contributed by atoms with Gasteiger partial charge < -0.3 is 9.88 Å². The number of rotatable bonds is 2. The summed E-state index contributed by atoms with van der Waals surface area (Å²) in [6, 6.07) is 0.0511. The Morgan fingerprint density at radius 3 is 2.90 bits per heavy atom. The Labute approximate surface area is 124 Å². The average molecular weight is 293 g/mol. The average Bonchev–Trinajstić information content (AvgIpc) is 3.01. The number of aliphatic imine (C=N–C) groups is 1. The molecule has 5 nitrogen and oxygen atoms in total. The van der Waals surface area contributed by atoms with Gasteiger partial charge in [0.2, 0.25) is 0 Å². The number of hydrogen-bond acceptors (Lipinski definition) is 4. The molecule has 0 bridgehead atoms. The molecular weight excluding hydrogens is 270 g/mol. The summed E-state index contributed by atoms with van der Waals surface area (Å²) in [5.74, 6) is 2.95. The Bertz CT molecular complexity index is 501. The molecule has 1 saturated heterocycles. The Kier molecular flexibility index (Phi) is 3.75. The Morgan fingerprint density at radius 2 is 2.25 bits per heavy atom. The van der Waals surface area contributed by atoms with Crippen molar-refractivity contribution in [1.29, 1.82) is 0 Å². The second kappa shape index (κ2) is 5.39. The summed E-state index contributed by atoms with van der Waals surface area (Å²) >= 11 is 1.86. The van der Waals surface area contributed by atoms with Crippen molar-refractivity contribution < 1.29 is 0 Å². The van der Waals surface area contributed by atoms with Crippen LogP contribution in [0.2, 0.25) is 0 Å². The fourth-order valence-corrected chi connectivity index (χ4v) is 4.36. The number of nitrogens with one attached hydrogen (secondary N) is 1. The fourth-order valence-electron chi connectivity index (χ4n) is 3.06. The molecule has 20 heavy (non-hydrogen) atoms. The van der Waals surface area contributed by atoms with Gasteiger partial charge in [-0.2, -0.15) is 0 Å². The molecule has 0 aromatic carbocycles. The first-order valence-electron chi connectivity index (χ1n) is 7.41. The zero-order valence-electron chi connectivity index (χ0n) is 12.5. The van der Waals surface area contributed by atoms with E-state index in [4.69, 9.17) is 4.99 Å². The first kappa shape index (κ1) is 13.9. The quantitative estimate of drug-likeness (QED) is 0.910. The van der Waals surface area contributed by atoms with Crippen LogP contribution in [0.3, 0.4) is 0 Å². The van der Waals surface area contributed by atoms with Crippen LogP contribution in [-0.4, -0.2) is 31.2 Å². The summed E-state index contributed by atoms with van der Waals surface area (Å²) in [6.45, 7) is 4.44. The summed E-state index contributed by atoms with van der Waals surface area (Å²) < 4.78 is 1.94. The van der Waals surface area contributed by atoms with E-state index in [2.05, 4.69) is 29.4 Å². The first-order chi connectivity index (χ1) is 9.58. The highest BCUT2D eigenvalue weighted by Gasteiger charge is 2.39. The first-order valence-corrected chi connectivity index (χ1v) is 8.39. The molecule has 1 N–H and O–H groups in total. The molecule has 1 aliphatic heterocycles. The van der Waals surface area contributed by atoms with E-state index >= 15 is 0 Å². The van der Waals surface area contributed by atoms with Crippen molar-refractivity contribution in [2.45, 2.75) is 51.1 Å². The van der Waals surface area contributed by atoms with Crippen LogP contribution in [0, 0.1) is 5.92 Å². The number of thioether (sulfide) groups is 1. The maximum atomic E-state index is 4.79. The summed E-state index contributed by atoms with van der Waals surface area (Å²) in [5.41, 5.74) is 0.301. The molecule has 2 aliphatic rings. The third kappa shape index (κ3) is 2.71.